The van der Waals surface area contributed by atoms with E-state index in [-0.39, 0.29) is 0 Å². The van der Waals surface area contributed by atoms with Crippen LogP contribution in [0.25, 0.3) is 77.0 Å². The third kappa shape index (κ3) is 3.88. The van der Waals surface area contributed by atoms with E-state index in [0.29, 0.717) is 0 Å². The molecule has 0 spiro atoms. The summed E-state index contributed by atoms with van der Waals surface area (Å²) in [7, 11) is 0. The van der Waals surface area contributed by atoms with Crippen molar-refractivity contribution < 1.29 is 4.74 Å². The molecule has 0 aliphatic rings. The van der Waals surface area contributed by atoms with Gasteiger partial charge < -0.3 is 4.74 Å². The summed E-state index contributed by atoms with van der Waals surface area (Å²) < 4.78 is 10.8. The second-order valence-corrected chi connectivity index (χ2v) is 11.7. The second kappa shape index (κ2) is 9.99. The Bertz CT molecular complexity index is 2820. The quantitative estimate of drug-likeness (QED) is 0.188. The molecule has 10 rings (SSSR count). The third-order valence-corrected chi connectivity index (χ3v) is 9.14. The molecule has 10 aromatic rings. The second-order valence-electron chi connectivity index (χ2n) is 11.7. The number of aromatic nitrogens is 5. The molecule has 6 nitrogen and oxygen atoms in total. The van der Waals surface area contributed by atoms with E-state index in [9.17, 15) is 0 Å². The molecule has 0 aliphatic carbocycles. The predicted octanol–water partition coefficient (Wildman–Crippen LogP) is 10.1. The number of pyridine rings is 3. The first-order chi connectivity index (χ1) is 23.3. The van der Waals surface area contributed by atoms with E-state index in [1.165, 1.54) is 16.7 Å². The minimum absolute atomic E-state index is 0.732. The topological polar surface area (TPSA) is 56.7 Å². The largest absolute Gasteiger partial charge is 0.457 e. The zero-order valence-electron chi connectivity index (χ0n) is 25.1. The van der Waals surface area contributed by atoms with E-state index in [4.69, 9.17) is 9.72 Å². The van der Waals surface area contributed by atoms with Gasteiger partial charge in [-0.1, -0.05) is 72.8 Å². The van der Waals surface area contributed by atoms with Crippen molar-refractivity contribution in [3.8, 4) is 33.8 Å². The van der Waals surface area contributed by atoms with E-state index in [0.717, 1.165) is 71.8 Å². The first-order valence-corrected chi connectivity index (χ1v) is 15.6. The van der Waals surface area contributed by atoms with Crippen LogP contribution >= 0.6 is 0 Å². The molecule has 0 fully saturated rings. The molecule has 0 amide bonds. The zero-order valence-corrected chi connectivity index (χ0v) is 25.1. The Morgan fingerprint density at radius 3 is 1.87 bits per heavy atom. The van der Waals surface area contributed by atoms with Gasteiger partial charge in [-0.25, -0.2) is 9.97 Å². The molecule has 5 heterocycles. The number of ether oxygens (including phenoxy) is 1. The summed E-state index contributed by atoms with van der Waals surface area (Å²) in [5.74, 6) is 1.47. The monoisotopic (exact) mass is 603 g/mol. The summed E-state index contributed by atoms with van der Waals surface area (Å²) in [6.07, 6.45) is 9.56. The molecular weight excluding hydrogens is 578 g/mol. The van der Waals surface area contributed by atoms with Crippen LogP contribution in [-0.4, -0.2) is 23.8 Å². The summed E-state index contributed by atoms with van der Waals surface area (Å²) >= 11 is 0. The Balaban J connectivity index is 1.16. The summed E-state index contributed by atoms with van der Waals surface area (Å²) in [5.41, 5.74) is 9.56. The minimum Gasteiger partial charge on any atom is -0.457 e. The molecule has 0 saturated heterocycles. The van der Waals surface area contributed by atoms with Crippen LogP contribution in [0, 0.1) is 0 Å². The van der Waals surface area contributed by atoms with Crippen LogP contribution in [0.15, 0.2) is 152 Å². The normalized spacial score (nSPS) is 11.8. The van der Waals surface area contributed by atoms with Crippen LogP contribution in [0.5, 0.6) is 11.5 Å². The maximum atomic E-state index is 6.55. The van der Waals surface area contributed by atoms with Crippen molar-refractivity contribution >= 4 is 54.8 Å². The van der Waals surface area contributed by atoms with Gasteiger partial charge in [-0.2, -0.15) is 0 Å². The molecule has 47 heavy (non-hydrogen) atoms. The van der Waals surface area contributed by atoms with Gasteiger partial charge in [0.15, 0.2) is 0 Å². The van der Waals surface area contributed by atoms with Gasteiger partial charge in [-0.15, -0.1) is 0 Å². The van der Waals surface area contributed by atoms with E-state index in [2.05, 4.69) is 128 Å². The highest BCUT2D eigenvalue weighted by Gasteiger charge is 2.19. The van der Waals surface area contributed by atoms with Crippen LogP contribution < -0.4 is 4.74 Å². The average molecular weight is 604 g/mol. The summed E-state index contributed by atoms with van der Waals surface area (Å²) in [6, 6.07) is 42.2. The highest BCUT2D eigenvalue weighted by atomic mass is 16.5. The molecule has 5 aromatic heterocycles. The number of rotatable bonds is 4. The van der Waals surface area contributed by atoms with Gasteiger partial charge in [0.25, 0.3) is 0 Å². The van der Waals surface area contributed by atoms with Gasteiger partial charge in [-0.05, 0) is 70.6 Å². The average Bonchev–Trinajstić information content (AvgIpc) is 3.84. The fourth-order valence-electron chi connectivity index (χ4n) is 7.11. The summed E-state index contributed by atoms with van der Waals surface area (Å²) in [6.45, 7) is 0. The molecule has 0 radical (unpaired) electrons. The van der Waals surface area contributed by atoms with Crippen LogP contribution in [-0.2, 0) is 0 Å². The highest BCUT2D eigenvalue weighted by Crippen LogP contribution is 2.42. The zero-order chi connectivity index (χ0) is 30.9. The van der Waals surface area contributed by atoms with Gasteiger partial charge >= 0.3 is 0 Å². The molecular formula is C41H25N5O. The number of nitrogens with zero attached hydrogens (tertiary/aromatic N) is 5. The molecule has 0 unspecified atom stereocenters. The van der Waals surface area contributed by atoms with Crippen molar-refractivity contribution in [1.82, 2.24) is 23.8 Å². The van der Waals surface area contributed by atoms with Crippen LogP contribution in [0.1, 0.15) is 0 Å². The van der Waals surface area contributed by atoms with Gasteiger partial charge in [0, 0.05) is 58.1 Å². The lowest BCUT2D eigenvalue weighted by molar-refractivity contribution is 0.484. The van der Waals surface area contributed by atoms with Gasteiger partial charge in [-0.3, -0.25) is 13.8 Å². The van der Waals surface area contributed by atoms with Gasteiger partial charge in [0.05, 0.1) is 16.6 Å². The smallest absolute Gasteiger partial charge is 0.145 e. The maximum Gasteiger partial charge on any atom is 0.145 e. The number of imidazole rings is 2. The SMILES string of the molecule is c1ccc(-c2ccc3c4ccc(Oc5ccc6c(c5)c5nccn5c5cccnc65)cc4c4nccn4c3c2-c2ccccc2)cc1. The molecule has 0 atom stereocenters. The van der Waals surface area contributed by atoms with Crippen LogP contribution in [0.4, 0.5) is 0 Å². The first-order valence-electron chi connectivity index (χ1n) is 15.6. The standard InChI is InChI=1S/C41H25N5O/c1-3-8-26(9-4-1)30-17-18-33-31-15-13-28(24-34(31)41-44-21-23-46(41)39(33)37(30)27-10-5-2-6-11-27)47-29-14-16-32-35(25-29)40-43-20-22-45(40)36-12-7-19-42-38(32)36/h1-25H. The Morgan fingerprint density at radius 2 is 1.11 bits per heavy atom. The molecule has 6 heteroatoms. The third-order valence-electron chi connectivity index (χ3n) is 9.14. The van der Waals surface area contributed by atoms with Crippen molar-refractivity contribution in [3.05, 3.63) is 152 Å². The Hall–Kier alpha value is -6.53. The van der Waals surface area contributed by atoms with E-state index < -0.39 is 0 Å². The van der Waals surface area contributed by atoms with Gasteiger partial charge in [0.2, 0.25) is 0 Å². The minimum atomic E-state index is 0.732. The fourth-order valence-corrected chi connectivity index (χ4v) is 7.11. The fraction of sp³-hybridized carbons (Fsp3) is 0. The van der Waals surface area contributed by atoms with Crippen molar-refractivity contribution in [1.29, 1.82) is 0 Å². The molecule has 0 bridgehead atoms. The number of hydrogen-bond acceptors (Lipinski definition) is 4. The van der Waals surface area contributed by atoms with Crippen LogP contribution in [0.2, 0.25) is 0 Å². The van der Waals surface area contributed by atoms with Crippen molar-refractivity contribution in [2.24, 2.45) is 0 Å². The van der Waals surface area contributed by atoms with Crippen molar-refractivity contribution in [2.45, 2.75) is 0 Å². The van der Waals surface area contributed by atoms with Crippen molar-refractivity contribution in [3.63, 3.8) is 0 Å². The molecule has 220 valence electrons. The Labute approximate surface area is 268 Å². The van der Waals surface area contributed by atoms with Crippen molar-refractivity contribution in [2.75, 3.05) is 0 Å². The Morgan fingerprint density at radius 1 is 0.468 bits per heavy atom. The summed E-state index contributed by atoms with van der Waals surface area (Å²) in [5, 5.41) is 5.34. The lowest BCUT2D eigenvalue weighted by Crippen LogP contribution is -1.96. The lowest BCUT2D eigenvalue weighted by Gasteiger charge is -2.18. The Kier molecular flexibility index (Phi) is 5.48. The number of fused-ring (bicyclic) bond motifs is 12. The van der Waals surface area contributed by atoms with E-state index in [1.807, 2.05) is 43.0 Å². The molecule has 0 aliphatic heterocycles. The lowest BCUT2D eigenvalue weighted by atomic mass is 9.90. The van der Waals surface area contributed by atoms with Gasteiger partial charge in [0.1, 0.15) is 22.8 Å². The van der Waals surface area contributed by atoms with Crippen LogP contribution in [0.3, 0.4) is 0 Å². The maximum absolute atomic E-state index is 6.55. The van der Waals surface area contributed by atoms with E-state index in [1.54, 1.807) is 0 Å². The first kappa shape index (κ1) is 25.8. The summed E-state index contributed by atoms with van der Waals surface area (Å²) in [4.78, 5) is 14.2. The molecule has 5 aromatic carbocycles. The number of benzene rings is 5. The van der Waals surface area contributed by atoms with E-state index >= 15 is 0 Å². The predicted molar refractivity (Wildman–Crippen MR) is 189 cm³/mol. The molecule has 0 N–H and O–H groups in total. The molecule has 0 saturated carbocycles. The number of hydrogen-bond donors (Lipinski definition) is 0. The highest BCUT2D eigenvalue weighted by molar-refractivity contribution is 6.17.